The van der Waals surface area contributed by atoms with Gasteiger partial charge in [-0.1, -0.05) is 11.6 Å². The van der Waals surface area contributed by atoms with Crippen LogP contribution in [0.2, 0.25) is 5.02 Å². The molecule has 4 fully saturated rings. The number of piperidine rings is 1. The van der Waals surface area contributed by atoms with E-state index >= 15 is 0 Å². The molecule has 0 amide bonds. The maximum atomic E-state index is 10.2. The van der Waals surface area contributed by atoms with Gasteiger partial charge in [0.25, 0.3) is 0 Å². The number of aliphatic hydroxyl groups is 1. The molecule has 30 heavy (non-hydrogen) atoms. The van der Waals surface area contributed by atoms with Crippen molar-refractivity contribution in [1.29, 1.82) is 0 Å². The van der Waals surface area contributed by atoms with Crippen molar-refractivity contribution in [2.75, 3.05) is 23.3 Å². The Morgan fingerprint density at radius 3 is 2.63 bits per heavy atom. The van der Waals surface area contributed by atoms with Crippen molar-refractivity contribution in [3.05, 3.63) is 35.7 Å². The van der Waals surface area contributed by atoms with Gasteiger partial charge in [0.05, 0.1) is 39.3 Å². The lowest BCUT2D eigenvalue weighted by atomic mass is 9.50. The number of anilines is 3. The molecule has 156 valence electrons. The van der Waals surface area contributed by atoms with Gasteiger partial charge >= 0.3 is 0 Å². The van der Waals surface area contributed by atoms with Crippen molar-refractivity contribution >= 4 is 39.8 Å². The monoisotopic (exact) mass is 424 g/mol. The number of aromatic nitrogens is 4. The summed E-state index contributed by atoms with van der Waals surface area (Å²) in [4.78, 5) is 11.4. The Bertz CT molecular complexity index is 1110. The van der Waals surface area contributed by atoms with Crippen LogP contribution in [0.15, 0.2) is 30.7 Å². The molecule has 3 saturated carbocycles. The van der Waals surface area contributed by atoms with Crippen LogP contribution < -0.4 is 10.2 Å². The van der Waals surface area contributed by atoms with Crippen LogP contribution in [0.4, 0.5) is 17.3 Å². The molecule has 3 aliphatic carbocycles. The van der Waals surface area contributed by atoms with Crippen molar-refractivity contribution in [1.82, 2.24) is 19.7 Å². The zero-order chi connectivity index (χ0) is 20.5. The van der Waals surface area contributed by atoms with Gasteiger partial charge < -0.3 is 15.3 Å². The Morgan fingerprint density at radius 2 is 1.93 bits per heavy atom. The summed E-state index contributed by atoms with van der Waals surface area (Å²) in [6.45, 7) is 3.44. The Hall–Kier alpha value is -2.38. The van der Waals surface area contributed by atoms with Crippen LogP contribution in [-0.4, -0.2) is 43.5 Å². The van der Waals surface area contributed by atoms with E-state index in [4.69, 9.17) is 16.6 Å². The Labute approximate surface area is 180 Å². The second-order valence-electron chi connectivity index (χ2n) is 9.54. The minimum Gasteiger partial charge on any atom is -0.390 e. The van der Waals surface area contributed by atoms with E-state index in [0.717, 1.165) is 54.1 Å². The average molecular weight is 425 g/mol. The van der Waals surface area contributed by atoms with Gasteiger partial charge in [0.1, 0.15) is 0 Å². The topological polar surface area (TPSA) is 79.1 Å². The fraction of sp³-hybridized carbons (Fsp3) is 0.500. The number of hydrogen-bond acceptors (Lipinski definition) is 6. The first-order valence-corrected chi connectivity index (χ1v) is 11.0. The summed E-state index contributed by atoms with van der Waals surface area (Å²) >= 11 is 6.56. The molecule has 7 nitrogen and oxygen atoms in total. The van der Waals surface area contributed by atoms with E-state index in [0.29, 0.717) is 11.0 Å². The number of fused-ring (bicyclic) bond motifs is 1. The van der Waals surface area contributed by atoms with Crippen LogP contribution in [0.3, 0.4) is 0 Å². The lowest BCUT2D eigenvalue weighted by Crippen LogP contribution is -2.59. The van der Waals surface area contributed by atoms with Gasteiger partial charge in [0, 0.05) is 30.9 Å². The molecule has 7 rings (SSSR count). The third kappa shape index (κ3) is 2.94. The van der Waals surface area contributed by atoms with Crippen molar-refractivity contribution in [3.63, 3.8) is 0 Å². The highest BCUT2D eigenvalue weighted by Gasteiger charge is 2.58. The predicted molar refractivity (Wildman–Crippen MR) is 117 cm³/mol. The standard InChI is InChI=1S/C22H25ClN6O/c1-21(30)2-4-28(5-3-21)19-7-18-15(6-17(19)23)11-24-20(27-18)26-16-12-25-29(13-16)22-8-14(9-22)10-22/h6-7,11-14,30H,2-5,8-10H2,1H3,(H,24,26,27). The Morgan fingerprint density at radius 1 is 1.17 bits per heavy atom. The van der Waals surface area contributed by atoms with Gasteiger partial charge in [-0.25, -0.2) is 9.97 Å². The molecule has 0 atom stereocenters. The third-order valence-corrected chi connectivity index (χ3v) is 7.46. The molecular formula is C22H25ClN6O. The Balaban J connectivity index is 1.25. The molecule has 3 heterocycles. The van der Waals surface area contributed by atoms with Crippen molar-refractivity contribution in [2.24, 2.45) is 5.92 Å². The number of rotatable bonds is 4. The second kappa shape index (κ2) is 6.31. The van der Waals surface area contributed by atoms with Gasteiger partial charge in [-0.3, -0.25) is 4.68 Å². The minimum atomic E-state index is -0.594. The fourth-order valence-corrected chi connectivity index (χ4v) is 5.35. The van der Waals surface area contributed by atoms with Crippen LogP contribution in [0.25, 0.3) is 10.9 Å². The quantitative estimate of drug-likeness (QED) is 0.656. The molecule has 1 aromatic carbocycles. The van der Waals surface area contributed by atoms with Crippen LogP contribution >= 0.6 is 11.6 Å². The van der Waals surface area contributed by atoms with E-state index in [-0.39, 0.29) is 5.54 Å². The van der Waals surface area contributed by atoms with E-state index in [9.17, 15) is 5.11 Å². The summed E-state index contributed by atoms with van der Waals surface area (Å²) in [6, 6.07) is 3.94. The lowest BCUT2D eigenvalue weighted by molar-refractivity contribution is -0.0977. The molecular weight excluding hydrogens is 400 g/mol. The number of hydrogen-bond donors (Lipinski definition) is 2. The zero-order valence-corrected chi connectivity index (χ0v) is 17.7. The molecule has 8 heteroatoms. The van der Waals surface area contributed by atoms with Crippen molar-refractivity contribution < 1.29 is 5.11 Å². The van der Waals surface area contributed by atoms with E-state index < -0.39 is 5.60 Å². The summed E-state index contributed by atoms with van der Waals surface area (Å²) in [6.07, 6.45) is 10.9. The maximum absolute atomic E-state index is 10.2. The summed E-state index contributed by atoms with van der Waals surface area (Å²) in [5.74, 6) is 1.47. The minimum absolute atomic E-state index is 0.277. The molecule has 2 N–H and O–H groups in total. The number of halogens is 1. The summed E-state index contributed by atoms with van der Waals surface area (Å²) in [7, 11) is 0. The summed E-state index contributed by atoms with van der Waals surface area (Å²) in [5.41, 5.74) is 2.39. The third-order valence-electron chi connectivity index (χ3n) is 7.16. The van der Waals surface area contributed by atoms with Gasteiger partial charge in [0.15, 0.2) is 0 Å². The molecule has 2 aromatic heterocycles. The summed E-state index contributed by atoms with van der Waals surface area (Å²) in [5, 5.41) is 19.7. The maximum Gasteiger partial charge on any atom is 0.227 e. The normalized spacial score (nSPS) is 26.9. The van der Waals surface area contributed by atoms with E-state index in [1.807, 2.05) is 25.3 Å². The molecule has 3 aromatic rings. The fourth-order valence-electron chi connectivity index (χ4n) is 5.06. The van der Waals surface area contributed by atoms with Crippen molar-refractivity contribution in [2.45, 2.75) is 50.2 Å². The smallest absolute Gasteiger partial charge is 0.227 e. The van der Waals surface area contributed by atoms with Crippen LogP contribution in [-0.2, 0) is 5.54 Å². The molecule has 1 aliphatic heterocycles. The largest absolute Gasteiger partial charge is 0.390 e. The van der Waals surface area contributed by atoms with Crippen LogP contribution in [0.5, 0.6) is 0 Å². The van der Waals surface area contributed by atoms with Crippen LogP contribution in [0.1, 0.15) is 39.0 Å². The van der Waals surface area contributed by atoms with Crippen LogP contribution in [0, 0.1) is 5.92 Å². The van der Waals surface area contributed by atoms with E-state index in [2.05, 4.69) is 31.2 Å². The van der Waals surface area contributed by atoms with Gasteiger partial charge in [0.2, 0.25) is 5.95 Å². The molecule has 0 radical (unpaired) electrons. The van der Waals surface area contributed by atoms with Gasteiger partial charge in [-0.2, -0.15) is 5.10 Å². The second-order valence-corrected chi connectivity index (χ2v) is 9.95. The van der Waals surface area contributed by atoms with Crippen molar-refractivity contribution in [3.8, 4) is 0 Å². The number of benzene rings is 1. The molecule has 2 bridgehead atoms. The van der Waals surface area contributed by atoms with E-state index in [1.165, 1.54) is 19.3 Å². The average Bonchev–Trinajstić information content (AvgIpc) is 3.07. The first-order valence-electron chi connectivity index (χ1n) is 10.7. The summed E-state index contributed by atoms with van der Waals surface area (Å²) < 4.78 is 2.11. The number of nitrogens with zero attached hydrogens (tertiary/aromatic N) is 5. The molecule has 0 spiro atoms. The van der Waals surface area contributed by atoms with Gasteiger partial charge in [-0.05, 0) is 57.1 Å². The predicted octanol–water partition coefficient (Wildman–Crippen LogP) is 4.08. The van der Waals surface area contributed by atoms with Gasteiger partial charge in [-0.15, -0.1) is 0 Å². The molecule has 1 saturated heterocycles. The van der Waals surface area contributed by atoms with E-state index in [1.54, 1.807) is 6.20 Å². The Kier molecular flexibility index (Phi) is 3.87. The highest BCUT2D eigenvalue weighted by Crippen LogP contribution is 2.62. The molecule has 0 unspecified atom stereocenters. The molecule has 4 aliphatic rings. The first kappa shape index (κ1) is 18.4. The number of nitrogens with one attached hydrogen (secondary N) is 1. The highest BCUT2D eigenvalue weighted by atomic mass is 35.5. The lowest BCUT2D eigenvalue weighted by Gasteiger charge is -2.61. The SMILES string of the molecule is CC1(O)CCN(c2cc3nc(Nc4cnn(C56CC(C5)C6)c4)ncc3cc2Cl)CC1. The zero-order valence-electron chi connectivity index (χ0n) is 17.0. The highest BCUT2D eigenvalue weighted by molar-refractivity contribution is 6.34. The first-order chi connectivity index (χ1) is 14.4.